The molecule has 102 valence electrons. The lowest BCUT2D eigenvalue weighted by atomic mass is 10.3. The van der Waals surface area contributed by atoms with Gasteiger partial charge in [0.05, 0.1) is 5.69 Å². The highest BCUT2D eigenvalue weighted by molar-refractivity contribution is 5.74. The van der Waals surface area contributed by atoms with E-state index in [0.717, 1.165) is 23.6 Å². The summed E-state index contributed by atoms with van der Waals surface area (Å²) >= 11 is 0. The number of nitrogens with zero attached hydrogens (tertiary/aromatic N) is 3. The second kappa shape index (κ2) is 5.75. The van der Waals surface area contributed by atoms with Crippen molar-refractivity contribution in [2.45, 2.75) is 0 Å². The van der Waals surface area contributed by atoms with Gasteiger partial charge in [0, 0.05) is 32.2 Å². The fraction of sp³-hybridized carbons (Fsp3) is 0.333. The molecule has 1 aliphatic rings. The Morgan fingerprint density at radius 3 is 2.32 bits per heavy atom. The second-order valence-electron chi connectivity index (χ2n) is 4.14. The van der Waals surface area contributed by atoms with Crippen molar-refractivity contribution >= 4 is 18.5 Å². The Labute approximate surface area is 109 Å². The van der Waals surface area contributed by atoms with Gasteiger partial charge in [-0.2, -0.15) is 0 Å². The number of hydrogen-bond acceptors (Lipinski definition) is 3. The summed E-state index contributed by atoms with van der Waals surface area (Å²) in [6, 6.07) is 3.04. The molecule has 1 heterocycles. The molecule has 1 aromatic carbocycles. The predicted octanol–water partition coefficient (Wildman–Crippen LogP) is 0.617. The highest BCUT2D eigenvalue weighted by atomic mass is 19.1. The Bertz CT molecular complexity index is 476. The highest BCUT2D eigenvalue weighted by Gasteiger charge is 2.23. The van der Waals surface area contributed by atoms with Gasteiger partial charge < -0.3 is 4.90 Å². The van der Waals surface area contributed by atoms with Crippen molar-refractivity contribution in [3.05, 3.63) is 29.8 Å². The molecule has 0 N–H and O–H groups in total. The minimum absolute atomic E-state index is 0.00375. The molecule has 1 aliphatic heterocycles. The number of hydrazine groups is 1. The van der Waals surface area contributed by atoms with Gasteiger partial charge in [-0.3, -0.25) is 9.59 Å². The average Bonchev–Trinajstić information content (AvgIpc) is 2.42. The van der Waals surface area contributed by atoms with Crippen molar-refractivity contribution in [3.63, 3.8) is 0 Å². The molecule has 0 saturated carbocycles. The average molecular weight is 269 g/mol. The molecule has 0 bridgehead atoms. The van der Waals surface area contributed by atoms with Crippen LogP contribution in [-0.4, -0.2) is 48.9 Å². The first-order valence-electron chi connectivity index (χ1n) is 5.79. The van der Waals surface area contributed by atoms with Crippen LogP contribution in [-0.2, 0) is 9.59 Å². The van der Waals surface area contributed by atoms with Crippen molar-refractivity contribution in [2.75, 3.05) is 31.2 Å². The Morgan fingerprint density at radius 1 is 1.11 bits per heavy atom. The number of carbonyl (C=O) groups is 2. The van der Waals surface area contributed by atoms with Gasteiger partial charge in [0.1, 0.15) is 5.82 Å². The van der Waals surface area contributed by atoms with Crippen LogP contribution in [0, 0.1) is 11.6 Å². The standard InChI is InChI=1S/C12H13F2N3O2/c13-10-1-2-12(11(14)7-10)17(9-19)16-5-3-15(8-18)4-6-16/h1-2,7-9H,3-6H2. The third-order valence-electron chi connectivity index (χ3n) is 3.00. The minimum atomic E-state index is -0.801. The fourth-order valence-electron chi connectivity index (χ4n) is 1.98. The van der Waals surface area contributed by atoms with Crippen molar-refractivity contribution in [1.82, 2.24) is 9.91 Å². The van der Waals surface area contributed by atoms with Crippen LogP contribution in [0.4, 0.5) is 14.5 Å². The molecule has 1 saturated heterocycles. The van der Waals surface area contributed by atoms with Crippen LogP contribution in [0.5, 0.6) is 0 Å². The monoisotopic (exact) mass is 269 g/mol. The molecule has 2 amide bonds. The first-order chi connectivity index (χ1) is 9.15. The van der Waals surface area contributed by atoms with Gasteiger partial charge in [-0.1, -0.05) is 0 Å². The van der Waals surface area contributed by atoms with Crippen LogP contribution in [0.25, 0.3) is 0 Å². The maximum Gasteiger partial charge on any atom is 0.228 e. The van der Waals surface area contributed by atoms with E-state index in [-0.39, 0.29) is 5.69 Å². The van der Waals surface area contributed by atoms with Crippen LogP contribution in [0.3, 0.4) is 0 Å². The lowest BCUT2D eigenvalue weighted by Gasteiger charge is -2.38. The largest absolute Gasteiger partial charge is 0.343 e. The molecule has 0 aromatic heterocycles. The van der Waals surface area contributed by atoms with Crippen LogP contribution in [0.1, 0.15) is 0 Å². The van der Waals surface area contributed by atoms with Crippen LogP contribution < -0.4 is 5.01 Å². The Morgan fingerprint density at radius 2 is 1.79 bits per heavy atom. The van der Waals surface area contributed by atoms with E-state index in [1.807, 2.05) is 0 Å². The summed E-state index contributed by atoms with van der Waals surface area (Å²) in [5.74, 6) is -1.50. The molecular formula is C12H13F2N3O2. The minimum Gasteiger partial charge on any atom is -0.343 e. The summed E-state index contributed by atoms with van der Waals surface area (Å²) < 4.78 is 26.5. The SMILES string of the molecule is O=CN1CCN(N(C=O)c2ccc(F)cc2F)CC1. The molecule has 0 radical (unpaired) electrons. The van der Waals surface area contributed by atoms with Crippen molar-refractivity contribution < 1.29 is 18.4 Å². The summed E-state index contributed by atoms with van der Waals surface area (Å²) in [5, 5.41) is 2.72. The van der Waals surface area contributed by atoms with E-state index in [9.17, 15) is 18.4 Å². The number of hydrogen-bond donors (Lipinski definition) is 0. The zero-order valence-electron chi connectivity index (χ0n) is 10.1. The zero-order valence-corrected chi connectivity index (χ0v) is 10.1. The van der Waals surface area contributed by atoms with Gasteiger partial charge in [-0.25, -0.2) is 18.8 Å². The van der Waals surface area contributed by atoms with E-state index in [1.165, 1.54) is 6.07 Å². The number of amides is 2. The molecule has 0 aliphatic carbocycles. The van der Waals surface area contributed by atoms with Crippen molar-refractivity contribution in [1.29, 1.82) is 0 Å². The molecule has 5 nitrogen and oxygen atoms in total. The lowest BCUT2D eigenvalue weighted by Crippen LogP contribution is -2.53. The molecule has 0 atom stereocenters. The van der Waals surface area contributed by atoms with Crippen LogP contribution in [0.2, 0.25) is 0 Å². The van der Waals surface area contributed by atoms with Gasteiger partial charge in [-0.15, -0.1) is 0 Å². The van der Waals surface area contributed by atoms with E-state index in [2.05, 4.69) is 0 Å². The van der Waals surface area contributed by atoms with Gasteiger partial charge in [0.2, 0.25) is 12.8 Å². The number of piperazine rings is 1. The number of benzene rings is 1. The second-order valence-corrected chi connectivity index (χ2v) is 4.14. The first kappa shape index (κ1) is 13.4. The van der Waals surface area contributed by atoms with Crippen molar-refractivity contribution in [2.24, 2.45) is 0 Å². The van der Waals surface area contributed by atoms with Gasteiger partial charge >= 0.3 is 0 Å². The predicted molar refractivity (Wildman–Crippen MR) is 64.1 cm³/mol. The van der Waals surface area contributed by atoms with E-state index in [0.29, 0.717) is 32.6 Å². The number of anilines is 1. The number of rotatable bonds is 4. The Kier molecular flexibility index (Phi) is 4.06. The Hall–Kier alpha value is -2.02. The molecule has 1 fully saturated rings. The smallest absolute Gasteiger partial charge is 0.228 e. The molecule has 7 heteroatoms. The Balaban J connectivity index is 2.16. The number of carbonyl (C=O) groups excluding carboxylic acids is 2. The summed E-state index contributed by atoms with van der Waals surface area (Å²) in [4.78, 5) is 23.3. The third-order valence-corrected chi connectivity index (χ3v) is 3.00. The molecule has 0 spiro atoms. The maximum atomic E-state index is 13.7. The van der Waals surface area contributed by atoms with E-state index in [4.69, 9.17) is 0 Å². The molecular weight excluding hydrogens is 256 g/mol. The third kappa shape index (κ3) is 2.87. The van der Waals surface area contributed by atoms with E-state index < -0.39 is 11.6 Å². The van der Waals surface area contributed by atoms with Gasteiger partial charge in [0.15, 0.2) is 5.82 Å². The maximum absolute atomic E-state index is 13.7. The molecule has 1 aromatic rings. The molecule has 0 unspecified atom stereocenters. The summed E-state index contributed by atoms with van der Waals surface area (Å²) in [6.45, 7) is 1.73. The molecule has 2 rings (SSSR count). The zero-order chi connectivity index (χ0) is 13.8. The summed E-state index contributed by atoms with van der Waals surface area (Å²) in [5.41, 5.74) is -0.00375. The van der Waals surface area contributed by atoms with Crippen LogP contribution >= 0.6 is 0 Å². The lowest BCUT2D eigenvalue weighted by molar-refractivity contribution is -0.120. The fourth-order valence-corrected chi connectivity index (χ4v) is 1.98. The molecule has 19 heavy (non-hydrogen) atoms. The topological polar surface area (TPSA) is 43.9 Å². The van der Waals surface area contributed by atoms with Gasteiger partial charge in [-0.05, 0) is 12.1 Å². The normalized spacial score (nSPS) is 16.2. The quantitative estimate of drug-likeness (QED) is 0.753. The summed E-state index contributed by atoms with van der Waals surface area (Å²) in [6.07, 6.45) is 1.22. The highest BCUT2D eigenvalue weighted by Crippen LogP contribution is 2.21. The van der Waals surface area contributed by atoms with Gasteiger partial charge in [0.25, 0.3) is 0 Å². The van der Waals surface area contributed by atoms with Crippen LogP contribution in [0.15, 0.2) is 18.2 Å². The van der Waals surface area contributed by atoms with E-state index >= 15 is 0 Å². The summed E-state index contributed by atoms with van der Waals surface area (Å²) in [7, 11) is 0. The van der Waals surface area contributed by atoms with Crippen molar-refractivity contribution in [3.8, 4) is 0 Å². The number of halogens is 2. The van der Waals surface area contributed by atoms with E-state index in [1.54, 1.807) is 9.91 Å². The first-order valence-corrected chi connectivity index (χ1v) is 5.79.